The van der Waals surface area contributed by atoms with E-state index in [1.807, 2.05) is 0 Å². The highest BCUT2D eigenvalue weighted by Crippen LogP contribution is 2.23. The number of fused-ring (bicyclic) bond motifs is 3. The van der Waals surface area contributed by atoms with E-state index < -0.39 is 6.09 Å². The minimum atomic E-state index is -1.03. The van der Waals surface area contributed by atoms with Crippen LogP contribution in [-0.2, 0) is 13.0 Å². The van der Waals surface area contributed by atoms with E-state index >= 15 is 0 Å². The molecule has 0 saturated carbocycles. The van der Waals surface area contributed by atoms with Crippen LogP contribution in [0, 0.1) is 0 Å². The van der Waals surface area contributed by atoms with Crippen LogP contribution in [0.2, 0.25) is 5.15 Å². The molecule has 1 amide bonds. The Morgan fingerprint density at radius 3 is 2.95 bits per heavy atom. The van der Waals surface area contributed by atoms with Crippen molar-refractivity contribution < 1.29 is 9.90 Å². The van der Waals surface area contributed by atoms with Gasteiger partial charge in [-0.3, -0.25) is 4.79 Å². The van der Waals surface area contributed by atoms with Gasteiger partial charge in [-0.05, 0) is 18.1 Å². The number of carboxylic acid groups (broad SMARTS) is 1. The number of aromatic amines is 1. The number of pyridine rings is 1. The first-order valence-electron chi connectivity index (χ1n) is 5.61. The summed E-state index contributed by atoms with van der Waals surface area (Å²) in [5.74, 6) is 0. The molecule has 0 spiro atoms. The van der Waals surface area contributed by atoms with E-state index in [0.29, 0.717) is 24.2 Å². The van der Waals surface area contributed by atoms with Crippen molar-refractivity contribution in [2.24, 2.45) is 0 Å². The third-order valence-electron chi connectivity index (χ3n) is 3.21. The molecule has 2 aromatic heterocycles. The Morgan fingerprint density at radius 1 is 1.42 bits per heavy atom. The fraction of sp³-hybridized carbons (Fsp3) is 0.273. The number of H-pyrrole nitrogens is 1. The molecule has 0 saturated heterocycles. The Hall–Kier alpha value is -2.15. The molecule has 2 N–H and O–H groups in total. The largest absolute Gasteiger partial charge is 0.465 e. The average Bonchev–Trinajstić information content (AvgIpc) is 2.39. The normalized spacial score (nSPS) is 14.5. The van der Waals surface area contributed by atoms with Crippen molar-refractivity contribution in [3.05, 3.63) is 32.7 Å². The van der Waals surface area contributed by atoms with Crippen molar-refractivity contribution in [1.82, 2.24) is 20.1 Å². The van der Waals surface area contributed by atoms with Gasteiger partial charge in [-0.25, -0.2) is 4.79 Å². The van der Waals surface area contributed by atoms with Crippen molar-refractivity contribution >= 4 is 28.7 Å². The summed E-state index contributed by atoms with van der Waals surface area (Å²) in [6.07, 6.45) is -0.569. The molecule has 0 bridgehead atoms. The van der Waals surface area contributed by atoms with Gasteiger partial charge < -0.3 is 15.0 Å². The van der Waals surface area contributed by atoms with Crippen LogP contribution in [0.25, 0.3) is 11.0 Å². The second-order valence-corrected chi connectivity index (χ2v) is 4.68. The summed E-state index contributed by atoms with van der Waals surface area (Å²) in [6, 6.07) is 1.63. The van der Waals surface area contributed by atoms with Gasteiger partial charge in [0, 0.05) is 17.5 Å². The number of rotatable bonds is 0. The number of halogens is 1. The van der Waals surface area contributed by atoms with Crippen molar-refractivity contribution in [2.45, 2.75) is 13.0 Å². The van der Waals surface area contributed by atoms with Gasteiger partial charge in [-0.1, -0.05) is 11.6 Å². The summed E-state index contributed by atoms with van der Waals surface area (Å²) in [4.78, 5) is 26.7. The molecule has 3 heterocycles. The van der Waals surface area contributed by atoms with E-state index in [1.165, 1.54) is 4.90 Å². The maximum absolute atomic E-state index is 12.0. The van der Waals surface area contributed by atoms with Gasteiger partial charge in [0.1, 0.15) is 0 Å². The smallest absolute Gasteiger partial charge is 0.407 e. The highest BCUT2D eigenvalue weighted by atomic mass is 35.5. The first kappa shape index (κ1) is 11.9. The molecule has 0 aliphatic carbocycles. The van der Waals surface area contributed by atoms with Gasteiger partial charge in [-0.15, -0.1) is 10.2 Å². The molecule has 1 aliphatic heterocycles. The quantitative estimate of drug-likeness (QED) is 0.750. The summed E-state index contributed by atoms with van der Waals surface area (Å²) in [5, 5.41) is 17.5. The second-order valence-electron chi connectivity index (χ2n) is 4.29. The lowest BCUT2D eigenvalue weighted by Crippen LogP contribution is -2.38. The number of carbonyl (C=O) groups is 1. The lowest BCUT2D eigenvalue weighted by atomic mass is 9.98. The Balaban J connectivity index is 2.23. The average molecular weight is 281 g/mol. The van der Waals surface area contributed by atoms with Gasteiger partial charge in [-0.2, -0.15) is 0 Å². The van der Waals surface area contributed by atoms with Crippen LogP contribution in [0.1, 0.15) is 11.1 Å². The van der Waals surface area contributed by atoms with E-state index in [9.17, 15) is 9.59 Å². The van der Waals surface area contributed by atoms with Gasteiger partial charge in [0.2, 0.25) is 0 Å². The summed E-state index contributed by atoms with van der Waals surface area (Å²) < 4.78 is 0. The minimum absolute atomic E-state index is 0.0792. The Kier molecular flexibility index (Phi) is 2.63. The molecule has 0 aromatic carbocycles. The van der Waals surface area contributed by atoms with Crippen LogP contribution >= 0.6 is 11.6 Å². The Morgan fingerprint density at radius 2 is 2.21 bits per heavy atom. The van der Waals surface area contributed by atoms with Gasteiger partial charge in [0.05, 0.1) is 6.54 Å². The molecule has 2 aromatic rings. The highest BCUT2D eigenvalue weighted by molar-refractivity contribution is 6.29. The van der Waals surface area contributed by atoms with Crippen LogP contribution in [-0.4, -0.2) is 37.8 Å². The van der Waals surface area contributed by atoms with Crippen LogP contribution < -0.4 is 5.56 Å². The number of amides is 1. The maximum Gasteiger partial charge on any atom is 0.407 e. The van der Waals surface area contributed by atoms with E-state index in [-0.39, 0.29) is 17.3 Å². The zero-order valence-electron chi connectivity index (χ0n) is 9.68. The topological polar surface area (TPSA) is 99.2 Å². The minimum Gasteiger partial charge on any atom is -0.465 e. The number of hydrogen-bond acceptors (Lipinski definition) is 4. The SMILES string of the molecule is O=C(O)N1CCc2c(c(=O)[nH]c3nnc(Cl)cc23)C1. The van der Waals surface area contributed by atoms with Crippen molar-refractivity contribution in [1.29, 1.82) is 0 Å². The predicted octanol–water partition coefficient (Wildman–Crippen LogP) is 1.01. The molecule has 1 aliphatic rings. The molecule has 7 nitrogen and oxygen atoms in total. The fourth-order valence-corrected chi connectivity index (χ4v) is 2.45. The highest BCUT2D eigenvalue weighted by Gasteiger charge is 2.24. The number of aromatic nitrogens is 3. The van der Waals surface area contributed by atoms with Crippen LogP contribution in [0.5, 0.6) is 0 Å². The molecule has 19 heavy (non-hydrogen) atoms. The fourth-order valence-electron chi connectivity index (χ4n) is 2.31. The number of nitrogens with zero attached hydrogens (tertiary/aromatic N) is 3. The Bertz CT molecular complexity index is 743. The zero-order chi connectivity index (χ0) is 13.6. The first-order valence-corrected chi connectivity index (χ1v) is 5.99. The second kappa shape index (κ2) is 4.20. The molecule has 98 valence electrons. The summed E-state index contributed by atoms with van der Waals surface area (Å²) in [5.41, 5.74) is 1.29. The standard InChI is InChI=1S/C11H9ClN4O3/c12-8-3-6-5-1-2-16(11(18)19)4-7(5)10(17)13-9(6)15-14-8/h3H,1-2,4H2,(H,18,19)(H,13,15,17). The third-order valence-corrected chi connectivity index (χ3v) is 3.40. The lowest BCUT2D eigenvalue weighted by molar-refractivity contribution is 0.140. The summed E-state index contributed by atoms with van der Waals surface area (Å²) in [7, 11) is 0. The van der Waals surface area contributed by atoms with Crippen molar-refractivity contribution in [2.75, 3.05) is 6.54 Å². The Labute approximate surface area is 111 Å². The van der Waals surface area contributed by atoms with E-state index in [4.69, 9.17) is 16.7 Å². The molecule has 3 rings (SSSR count). The van der Waals surface area contributed by atoms with Crippen LogP contribution in [0.4, 0.5) is 4.79 Å². The monoisotopic (exact) mass is 280 g/mol. The van der Waals surface area contributed by atoms with Gasteiger partial charge in [0.15, 0.2) is 10.8 Å². The number of nitrogens with one attached hydrogen (secondary N) is 1. The third kappa shape index (κ3) is 1.91. The van der Waals surface area contributed by atoms with Crippen LogP contribution in [0.3, 0.4) is 0 Å². The van der Waals surface area contributed by atoms with E-state index in [0.717, 1.165) is 10.9 Å². The molecule has 0 unspecified atom stereocenters. The van der Waals surface area contributed by atoms with E-state index in [1.54, 1.807) is 6.07 Å². The first-order chi connectivity index (χ1) is 9.06. The van der Waals surface area contributed by atoms with Gasteiger partial charge >= 0.3 is 6.09 Å². The van der Waals surface area contributed by atoms with Crippen LogP contribution in [0.15, 0.2) is 10.9 Å². The summed E-state index contributed by atoms with van der Waals surface area (Å²) >= 11 is 5.81. The molecule has 8 heteroatoms. The zero-order valence-corrected chi connectivity index (χ0v) is 10.4. The predicted molar refractivity (Wildman–Crippen MR) is 67.3 cm³/mol. The van der Waals surface area contributed by atoms with Gasteiger partial charge in [0.25, 0.3) is 5.56 Å². The summed E-state index contributed by atoms with van der Waals surface area (Å²) in [6.45, 7) is 0.427. The molecular weight excluding hydrogens is 272 g/mol. The molecule has 0 radical (unpaired) electrons. The van der Waals surface area contributed by atoms with E-state index in [2.05, 4.69) is 15.2 Å². The maximum atomic E-state index is 12.0. The molecular formula is C11H9ClN4O3. The molecule has 0 atom stereocenters. The lowest BCUT2D eigenvalue weighted by Gasteiger charge is -2.26. The molecule has 0 fully saturated rings. The van der Waals surface area contributed by atoms with Crippen molar-refractivity contribution in [3.8, 4) is 0 Å². The van der Waals surface area contributed by atoms with Crippen molar-refractivity contribution in [3.63, 3.8) is 0 Å². The number of hydrogen-bond donors (Lipinski definition) is 2.